The second-order valence-electron chi connectivity index (χ2n) is 8.48. The lowest BCUT2D eigenvalue weighted by Gasteiger charge is -2.35. The fourth-order valence-corrected chi connectivity index (χ4v) is 3.46. The summed E-state index contributed by atoms with van der Waals surface area (Å²) in [5.41, 5.74) is 2.98. The Morgan fingerprint density at radius 2 is 1.79 bits per heavy atom. The second kappa shape index (κ2) is 9.82. The van der Waals surface area contributed by atoms with Crippen molar-refractivity contribution in [3.8, 4) is 12.1 Å². The molecule has 0 amide bonds. The maximum Gasteiger partial charge on any atom is 0.316 e. The Kier molecular flexibility index (Phi) is 7.18. The van der Waals surface area contributed by atoms with E-state index in [4.69, 9.17) is 14.7 Å². The molecular formula is C23H30N4O2. The molecule has 2 aromatic rings. The summed E-state index contributed by atoms with van der Waals surface area (Å²) in [6.07, 6.45) is 4.43. The molecule has 0 N–H and O–H groups in total. The lowest BCUT2D eigenvalue weighted by molar-refractivity contribution is -0.0827. The Morgan fingerprint density at radius 1 is 1.10 bits per heavy atom. The Labute approximate surface area is 173 Å². The van der Waals surface area contributed by atoms with Gasteiger partial charge in [-0.3, -0.25) is 4.90 Å². The van der Waals surface area contributed by atoms with Crippen molar-refractivity contribution in [2.45, 2.75) is 64.9 Å². The summed E-state index contributed by atoms with van der Waals surface area (Å²) in [5, 5.41) is 8.76. The van der Waals surface area contributed by atoms with E-state index in [2.05, 4.69) is 66.0 Å². The Hall–Kier alpha value is -2.49. The van der Waals surface area contributed by atoms with Gasteiger partial charge in [0.15, 0.2) is 0 Å². The van der Waals surface area contributed by atoms with Crippen LogP contribution in [0.3, 0.4) is 0 Å². The first-order chi connectivity index (χ1) is 13.9. The molecule has 1 saturated heterocycles. The van der Waals surface area contributed by atoms with Gasteiger partial charge in [-0.2, -0.15) is 10.2 Å². The maximum atomic E-state index is 8.76. The van der Waals surface area contributed by atoms with Gasteiger partial charge in [-0.1, -0.05) is 24.3 Å². The molecule has 6 heteroatoms. The van der Waals surface area contributed by atoms with E-state index >= 15 is 0 Å². The lowest BCUT2D eigenvalue weighted by atomic mass is 10.0. The molecular weight excluding hydrogens is 364 g/mol. The number of benzene rings is 1. The Bertz CT molecular complexity index is 816. The Morgan fingerprint density at radius 3 is 2.45 bits per heavy atom. The average molecular weight is 395 g/mol. The number of rotatable bonds is 7. The highest BCUT2D eigenvalue weighted by atomic mass is 16.5. The van der Waals surface area contributed by atoms with Gasteiger partial charge in [0.05, 0.1) is 29.9 Å². The third kappa shape index (κ3) is 7.12. The van der Waals surface area contributed by atoms with Gasteiger partial charge in [-0.15, -0.1) is 0 Å². The van der Waals surface area contributed by atoms with Crippen molar-refractivity contribution in [1.29, 1.82) is 5.26 Å². The van der Waals surface area contributed by atoms with Crippen molar-refractivity contribution >= 4 is 0 Å². The van der Waals surface area contributed by atoms with Crippen LogP contribution in [0.1, 0.15) is 50.4 Å². The first-order valence-corrected chi connectivity index (χ1v) is 10.2. The molecule has 154 valence electrons. The molecule has 1 aromatic carbocycles. The standard InChI is InChI=1S/C23H30N4O2/c1-23(2,3)29-21-10-14-27(15-11-21)16-18-4-6-19(7-5-18)17-28-22-25-13-9-20(26-22)8-12-24/h4-7,9,13,21H,8,10-11,14-17H2,1-3H3. The zero-order valence-corrected chi connectivity index (χ0v) is 17.6. The predicted molar refractivity (Wildman–Crippen MR) is 111 cm³/mol. The average Bonchev–Trinajstić information content (AvgIpc) is 2.68. The van der Waals surface area contributed by atoms with E-state index in [9.17, 15) is 0 Å². The van der Waals surface area contributed by atoms with Crippen LogP contribution in [0.25, 0.3) is 0 Å². The number of hydrogen-bond acceptors (Lipinski definition) is 6. The van der Waals surface area contributed by atoms with Crippen molar-refractivity contribution in [3.05, 3.63) is 53.3 Å². The third-order valence-corrected chi connectivity index (χ3v) is 4.80. The molecule has 0 unspecified atom stereocenters. The summed E-state index contributed by atoms with van der Waals surface area (Å²) in [7, 11) is 0. The van der Waals surface area contributed by atoms with Gasteiger partial charge in [0.2, 0.25) is 0 Å². The summed E-state index contributed by atoms with van der Waals surface area (Å²) >= 11 is 0. The summed E-state index contributed by atoms with van der Waals surface area (Å²) < 4.78 is 11.8. The number of aromatic nitrogens is 2. The van der Waals surface area contributed by atoms with Gasteiger partial charge in [0.25, 0.3) is 0 Å². The maximum absolute atomic E-state index is 8.76. The molecule has 0 atom stereocenters. The molecule has 2 heterocycles. The molecule has 0 radical (unpaired) electrons. The van der Waals surface area contributed by atoms with Crippen LogP contribution in [0.2, 0.25) is 0 Å². The minimum Gasteiger partial charge on any atom is -0.459 e. The van der Waals surface area contributed by atoms with Crippen LogP contribution in [-0.2, 0) is 24.3 Å². The molecule has 29 heavy (non-hydrogen) atoms. The first kappa shape index (κ1) is 21.2. The van der Waals surface area contributed by atoms with Crippen molar-refractivity contribution < 1.29 is 9.47 Å². The molecule has 0 bridgehead atoms. The number of piperidine rings is 1. The quantitative estimate of drug-likeness (QED) is 0.709. The summed E-state index contributed by atoms with van der Waals surface area (Å²) in [6, 6.07) is 12.6. The highest BCUT2D eigenvalue weighted by molar-refractivity contribution is 5.22. The summed E-state index contributed by atoms with van der Waals surface area (Å²) in [5.74, 6) is 0. The van der Waals surface area contributed by atoms with E-state index in [1.807, 2.05) is 0 Å². The van der Waals surface area contributed by atoms with Crippen LogP contribution in [0, 0.1) is 11.3 Å². The summed E-state index contributed by atoms with van der Waals surface area (Å²) in [4.78, 5) is 10.8. The van der Waals surface area contributed by atoms with E-state index in [0.29, 0.717) is 24.4 Å². The molecule has 0 saturated carbocycles. The predicted octanol–water partition coefficient (Wildman–Crippen LogP) is 3.90. The third-order valence-electron chi connectivity index (χ3n) is 4.80. The van der Waals surface area contributed by atoms with Crippen molar-refractivity contribution in [3.63, 3.8) is 0 Å². The van der Waals surface area contributed by atoms with Crippen molar-refractivity contribution in [2.75, 3.05) is 13.1 Å². The minimum atomic E-state index is -0.0627. The van der Waals surface area contributed by atoms with E-state index in [1.54, 1.807) is 12.3 Å². The normalized spacial score (nSPS) is 15.8. The SMILES string of the molecule is CC(C)(C)OC1CCN(Cc2ccc(COc3nccc(CC#N)n3)cc2)CC1. The lowest BCUT2D eigenvalue weighted by Crippen LogP contribution is -2.39. The molecule has 1 aliphatic heterocycles. The number of nitriles is 1. The van der Waals surface area contributed by atoms with Crippen LogP contribution in [-0.4, -0.2) is 39.7 Å². The zero-order chi connectivity index (χ0) is 20.7. The highest BCUT2D eigenvalue weighted by Crippen LogP contribution is 2.21. The van der Waals surface area contributed by atoms with Gasteiger partial charge >= 0.3 is 6.01 Å². The Balaban J connectivity index is 1.45. The van der Waals surface area contributed by atoms with Crippen molar-refractivity contribution in [1.82, 2.24) is 14.9 Å². The molecule has 1 fully saturated rings. The molecule has 1 aliphatic rings. The monoisotopic (exact) mass is 394 g/mol. The van der Waals surface area contributed by atoms with E-state index in [1.165, 1.54) is 5.56 Å². The molecule has 1 aromatic heterocycles. The highest BCUT2D eigenvalue weighted by Gasteiger charge is 2.24. The number of nitrogens with zero attached hydrogens (tertiary/aromatic N) is 4. The summed E-state index contributed by atoms with van der Waals surface area (Å²) in [6.45, 7) is 9.89. The van der Waals surface area contributed by atoms with Crippen LogP contribution < -0.4 is 4.74 Å². The molecule has 3 rings (SSSR count). The minimum absolute atomic E-state index is 0.0627. The van der Waals surface area contributed by atoms with E-state index in [-0.39, 0.29) is 12.0 Å². The smallest absolute Gasteiger partial charge is 0.316 e. The number of likely N-dealkylation sites (tertiary alicyclic amines) is 1. The van der Waals surface area contributed by atoms with Gasteiger partial charge in [0, 0.05) is 25.8 Å². The molecule has 6 nitrogen and oxygen atoms in total. The second-order valence-corrected chi connectivity index (χ2v) is 8.48. The van der Waals surface area contributed by atoms with E-state index < -0.39 is 0 Å². The first-order valence-electron chi connectivity index (χ1n) is 10.2. The van der Waals surface area contributed by atoms with Crippen molar-refractivity contribution in [2.24, 2.45) is 0 Å². The van der Waals surface area contributed by atoms with Gasteiger partial charge in [-0.05, 0) is 50.8 Å². The molecule has 0 spiro atoms. The van der Waals surface area contributed by atoms with Gasteiger partial charge < -0.3 is 9.47 Å². The molecule has 0 aliphatic carbocycles. The largest absolute Gasteiger partial charge is 0.459 e. The van der Waals surface area contributed by atoms with E-state index in [0.717, 1.165) is 38.0 Å². The van der Waals surface area contributed by atoms with Gasteiger partial charge in [-0.25, -0.2) is 4.98 Å². The van der Waals surface area contributed by atoms with Crippen LogP contribution in [0.5, 0.6) is 6.01 Å². The topological polar surface area (TPSA) is 71.3 Å². The van der Waals surface area contributed by atoms with Crippen LogP contribution in [0.4, 0.5) is 0 Å². The van der Waals surface area contributed by atoms with Gasteiger partial charge in [0.1, 0.15) is 6.61 Å². The van der Waals surface area contributed by atoms with Crippen LogP contribution >= 0.6 is 0 Å². The zero-order valence-electron chi connectivity index (χ0n) is 17.6. The fraction of sp³-hybridized carbons (Fsp3) is 0.522. The van der Waals surface area contributed by atoms with Crippen LogP contribution in [0.15, 0.2) is 36.5 Å². The fourth-order valence-electron chi connectivity index (χ4n) is 3.46. The number of hydrogen-bond donors (Lipinski definition) is 0. The number of ether oxygens (including phenoxy) is 2.